The van der Waals surface area contributed by atoms with Gasteiger partial charge in [0.1, 0.15) is 23.8 Å². The van der Waals surface area contributed by atoms with E-state index in [2.05, 4.69) is 10.4 Å². The molecule has 1 amide bonds. The van der Waals surface area contributed by atoms with Crippen molar-refractivity contribution in [1.82, 2.24) is 9.78 Å². The molecule has 27 heavy (non-hydrogen) atoms. The van der Waals surface area contributed by atoms with Gasteiger partial charge in [0.25, 0.3) is 0 Å². The number of amides is 1. The molecule has 0 bridgehead atoms. The summed E-state index contributed by atoms with van der Waals surface area (Å²) in [4.78, 5) is 23.4. The highest BCUT2D eigenvalue weighted by Gasteiger charge is 2.21. The number of hydrogen-bond donors (Lipinski definition) is 2. The molecule has 1 heterocycles. The lowest BCUT2D eigenvalue weighted by atomic mass is 10.2. The van der Waals surface area contributed by atoms with Gasteiger partial charge < -0.3 is 9.84 Å². The quantitative estimate of drug-likeness (QED) is 0.713. The van der Waals surface area contributed by atoms with Crippen molar-refractivity contribution in [3.63, 3.8) is 0 Å². The number of benzene rings is 2. The van der Waals surface area contributed by atoms with Gasteiger partial charge in [0, 0.05) is 6.07 Å². The molecular formula is C18H13F2N3O4. The van der Waals surface area contributed by atoms with Crippen LogP contribution in [0.5, 0.6) is 0 Å². The largest absolute Gasteiger partial charge is 0.477 e. The van der Waals surface area contributed by atoms with E-state index >= 15 is 0 Å². The van der Waals surface area contributed by atoms with E-state index < -0.39 is 23.7 Å². The van der Waals surface area contributed by atoms with Crippen LogP contribution in [0.2, 0.25) is 0 Å². The van der Waals surface area contributed by atoms with Crippen molar-refractivity contribution in [2.75, 3.05) is 5.32 Å². The summed E-state index contributed by atoms with van der Waals surface area (Å²) in [5.41, 5.74) is 0.265. The lowest BCUT2D eigenvalue weighted by molar-refractivity contribution is 0.0698. The number of nitrogens with one attached hydrogen (secondary N) is 1. The van der Waals surface area contributed by atoms with Crippen LogP contribution in [-0.4, -0.2) is 26.9 Å². The van der Waals surface area contributed by atoms with Crippen LogP contribution in [-0.2, 0) is 11.3 Å². The number of carboxylic acids is 1. The Morgan fingerprint density at radius 1 is 1.11 bits per heavy atom. The number of ether oxygens (including phenoxy) is 1. The predicted molar refractivity (Wildman–Crippen MR) is 90.7 cm³/mol. The molecule has 2 N–H and O–H groups in total. The Kier molecular flexibility index (Phi) is 5.11. The first-order chi connectivity index (χ1) is 12.9. The molecule has 1 aromatic heterocycles. The standard InChI is InChI=1S/C18H13F2N3O4/c19-12-6-13(20)8-14(7-12)23-16(15(9-21-23)17(24)25)22-18(26)27-10-11-4-2-1-3-5-11/h1-9H,10H2,(H,22,26)(H,24,25). The van der Waals surface area contributed by atoms with E-state index in [1.54, 1.807) is 30.3 Å². The molecule has 0 aliphatic rings. The third-order valence-electron chi connectivity index (χ3n) is 3.52. The van der Waals surface area contributed by atoms with Gasteiger partial charge in [-0.25, -0.2) is 23.1 Å². The summed E-state index contributed by atoms with van der Waals surface area (Å²) in [7, 11) is 0. The van der Waals surface area contributed by atoms with E-state index in [0.717, 1.165) is 28.6 Å². The van der Waals surface area contributed by atoms with Crippen LogP contribution in [0.25, 0.3) is 5.69 Å². The summed E-state index contributed by atoms with van der Waals surface area (Å²) in [6.07, 6.45) is 0.0118. The first-order valence-electron chi connectivity index (χ1n) is 7.69. The van der Waals surface area contributed by atoms with Crippen molar-refractivity contribution in [3.05, 3.63) is 77.5 Å². The van der Waals surface area contributed by atoms with Crippen LogP contribution in [0.3, 0.4) is 0 Å². The van der Waals surface area contributed by atoms with Crippen LogP contribution in [0, 0.1) is 11.6 Å². The summed E-state index contributed by atoms with van der Waals surface area (Å²) >= 11 is 0. The van der Waals surface area contributed by atoms with Gasteiger partial charge in [-0.15, -0.1) is 0 Å². The van der Waals surface area contributed by atoms with Gasteiger partial charge in [-0.05, 0) is 17.7 Å². The zero-order valence-electron chi connectivity index (χ0n) is 13.7. The number of aromatic carboxylic acids is 1. The molecule has 0 fully saturated rings. The molecular weight excluding hydrogens is 360 g/mol. The van der Waals surface area contributed by atoms with Crippen molar-refractivity contribution in [2.24, 2.45) is 0 Å². The number of carboxylic acid groups (broad SMARTS) is 1. The molecule has 0 spiro atoms. The fourth-order valence-electron chi connectivity index (χ4n) is 2.34. The lowest BCUT2D eigenvalue weighted by Gasteiger charge is -2.11. The van der Waals surface area contributed by atoms with Crippen molar-refractivity contribution < 1.29 is 28.2 Å². The van der Waals surface area contributed by atoms with Gasteiger partial charge in [0.15, 0.2) is 5.82 Å². The molecule has 3 aromatic rings. The predicted octanol–water partition coefficient (Wildman–Crippen LogP) is 3.60. The first kappa shape index (κ1) is 18.1. The average molecular weight is 373 g/mol. The van der Waals surface area contributed by atoms with Crippen LogP contribution in [0.15, 0.2) is 54.7 Å². The molecule has 0 saturated heterocycles. The third-order valence-corrected chi connectivity index (χ3v) is 3.52. The maximum atomic E-state index is 13.5. The van der Waals surface area contributed by atoms with E-state index in [1.807, 2.05) is 0 Å². The summed E-state index contributed by atoms with van der Waals surface area (Å²) < 4.78 is 32.9. The molecule has 9 heteroatoms. The summed E-state index contributed by atoms with van der Waals surface area (Å²) in [6, 6.07) is 11.4. The Morgan fingerprint density at radius 2 is 1.78 bits per heavy atom. The molecule has 0 saturated carbocycles. The molecule has 0 atom stereocenters. The number of carbonyl (C=O) groups is 2. The SMILES string of the molecule is O=C(Nc1c(C(=O)O)cnn1-c1cc(F)cc(F)c1)OCc1ccccc1. The van der Waals surface area contributed by atoms with Gasteiger partial charge in [0.2, 0.25) is 0 Å². The highest BCUT2D eigenvalue weighted by molar-refractivity contribution is 5.97. The number of nitrogens with zero attached hydrogens (tertiary/aromatic N) is 2. The fourth-order valence-corrected chi connectivity index (χ4v) is 2.34. The van der Waals surface area contributed by atoms with E-state index in [9.17, 15) is 23.5 Å². The van der Waals surface area contributed by atoms with Crippen molar-refractivity contribution >= 4 is 17.9 Å². The molecule has 0 unspecified atom stereocenters. The second-order valence-electron chi connectivity index (χ2n) is 5.44. The summed E-state index contributed by atoms with van der Waals surface area (Å²) in [6.45, 7) is -0.0438. The molecule has 138 valence electrons. The minimum atomic E-state index is -1.38. The highest BCUT2D eigenvalue weighted by Crippen LogP contribution is 2.22. The van der Waals surface area contributed by atoms with Crippen LogP contribution in [0.1, 0.15) is 15.9 Å². The second-order valence-corrected chi connectivity index (χ2v) is 5.44. The molecule has 0 aliphatic heterocycles. The van der Waals surface area contributed by atoms with Gasteiger partial charge in [0.05, 0.1) is 11.9 Å². The van der Waals surface area contributed by atoms with E-state index in [1.165, 1.54) is 0 Å². The minimum Gasteiger partial charge on any atom is -0.477 e. The monoisotopic (exact) mass is 373 g/mol. The van der Waals surface area contributed by atoms with Gasteiger partial charge in [-0.1, -0.05) is 30.3 Å². The maximum Gasteiger partial charge on any atom is 0.413 e. The highest BCUT2D eigenvalue weighted by atomic mass is 19.1. The van der Waals surface area contributed by atoms with Gasteiger partial charge in [-0.2, -0.15) is 5.10 Å². The summed E-state index contributed by atoms with van der Waals surface area (Å²) in [5.74, 6) is -3.42. The first-order valence-corrected chi connectivity index (χ1v) is 7.69. The molecule has 2 aromatic carbocycles. The molecule has 7 nitrogen and oxygen atoms in total. The van der Waals surface area contributed by atoms with E-state index in [0.29, 0.717) is 6.07 Å². The van der Waals surface area contributed by atoms with E-state index in [-0.39, 0.29) is 23.7 Å². The Balaban J connectivity index is 1.85. The molecule has 0 aliphatic carbocycles. The maximum absolute atomic E-state index is 13.5. The Bertz CT molecular complexity index is 969. The Labute approximate surface area is 151 Å². The number of aromatic nitrogens is 2. The minimum absolute atomic E-state index is 0.0438. The average Bonchev–Trinajstić information content (AvgIpc) is 3.04. The number of hydrogen-bond acceptors (Lipinski definition) is 4. The smallest absolute Gasteiger partial charge is 0.413 e. The zero-order valence-corrected chi connectivity index (χ0v) is 13.7. The van der Waals surface area contributed by atoms with E-state index in [4.69, 9.17) is 4.74 Å². The molecule has 0 radical (unpaired) electrons. The van der Waals surface area contributed by atoms with Crippen LogP contribution < -0.4 is 5.32 Å². The zero-order chi connectivity index (χ0) is 19.4. The normalized spacial score (nSPS) is 10.4. The van der Waals surface area contributed by atoms with Gasteiger partial charge in [-0.3, -0.25) is 5.32 Å². The summed E-state index contributed by atoms with van der Waals surface area (Å²) in [5, 5.41) is 15.3. The van der Waals surface area contributed by atoms with Gasteiger partial charge >= 0.3 is 12.1 Å². The number of halogens is 2. The van der Waals surface area contributed by atoms with Crippen molar-refractivity contribution in [3.8, 4) is 5.69 Å². The molecule has 3 rings (SSSR count). The van der Waals surface area contributed by atoms with Crippen LogP contribution in [0.4, 0.5) is 19.4 Å². The third kappa shape index (κ3) is 4.27. The second kappa shape index (κ2) is 7.65. The topological polar surface area (TPSA) is 93.5 Å². The Morgan fingerprint density at radius 3 is 2.41 bits per heavy atom. The Hall–Kier alpha value is -3.75. The lowest BCUT2D eigenvalue weighted by Crippen LogP contribution is -2.18. The number of carbonyl (C=O) groups excluding carboxylic acids is 1. The fraction of sp³-hybridized carbons (Fsp3) is 0.0556. The van der Waals surface area contributed by atoms with Crippen LogP contribution >= 0.6 is 0 Å². The van der Waals surface area contributed by atoms with Crippen molar-refractivity contribution in [2.45, 2.75) is 6.61 Å². The van der Waals surface area contributed by atoms with Crippen molar-refractivity contribution in [1.29, 1.82) is 0 Å². The number of rotatable bonds is 5. The number of anilines is 1.